The number of rotatable bonds is 5. The zero-order valence-corrected chi connectivity index (χ0v) is 12.6. The number of aromatic amines is 1. The van der Waals surface area contributed by atoms with Gasteiger partial charge in [-0.25, -0.2) is 5.43 Å². The number of amides is 1. The van der Waals surface area contributed by atoms with E-state index in [1.165, 1.54) is 18.0 Å². The van der Waals surface area contributed by atoms with Crippen molar-refractivity contribution in [2.24, 2.45) is 5.10 Å². The summed E-state index contributed by atoms with van der Waals surface area (Å²) in [5.41, 5.74) is 3.26. The number of carbonyl (C=O) groups excluding carboxylic acids is 1. The van der Waals surface area contributed by atoms with Crippen LogP contribution >= 0.6 is 35.0 Å². The smallest absolute Gasteiger partial charge is 0.250 e. The normalized spacial score (nSPS) is 10.9. The second-order valence-corrected chi connectivity index (χ2v) is 5.64. The minimum Gasteiger partial charge on any atom is -0.360 e. The maximum absolute atomic E-state index is 11.6. The number of halogens is 2. The van der Waals surface area contributed by atoms with Gasteiger partial charge in [0.2, 0.25) is 5.91 Å². The zero-order chi connectivity index (χ0) is 14.4. The van der Waals surface area contributed by atoms with Crippen molar-refractivity contribution in [1.29, 1.82) is 0 Å². The highest BCUT2D eigenvalue weighted by atomic mass is 35.5. The Bertz CT molecular complexity index is 614. The van der Waals surface area contributed by atoms with E-state index in [-0.39, 0.29) is 11.7 Å². The minimum absolute atomic E-state index is 0.205. The van der Waals surface area contributed by atoms with E-state index in [0.29, 0.717) is 10.0 Å². The lowest BCUT2D eigenvalue weighted by atomic mass is 10.4. The maximum Gasteiger partial charge on any atom is 0.250 e. The van der Waals surface area contributed by atoms with Crippen LogP contribution in [0.15, 0.2) is 46.5 Å². The van der Waals surface area contributed by atoms with Crippen molar-refractivity contribution in [2.45, 2.75) is 4.90 Å². The fourth-order valence-corrected chi connectivity index (χ4v) is 2.65. The van der Waals surface area contributed by atoms with E-state index in [0.717, 1.165) is 10.6 Å². The maximum atomic E-state index is 11.6. The summed E-state index contributed by atoms with van der Waals surface area (Å²) in [6.07, 6.45) is 3.32. The average Bonchev–Trinajstić information content (AvgIpc) is 2.91. The van der Waals surface area contributed by atoms with Gasteiger partial charge in [0.15, 0.2) is 0 Å². The summed E-state index contributed by atoms with van der Waals surface area (Å²) in [6.45, 7) is 0. The largest absolute Gasteiger partial charge is 0.360 e. The standard InChI is InChI=1S/C13H11Cl2N3OS/c14-9-3-4-12(11(15)6-9)20-8-13(19)18-17-7-10-2-1-5-16-10/h1-7,16H,8H2,(H,18,19)/b17-7+. The number of nitrogens with one attached hydrogen (secondary N) is 2. The molecule has 2 aromatic rings. The molecule has 0 aliphatic carbocycles. The van der Waals surface area contributed by atoms with Crippen LogP contribution in [-0.4, -0.2) is 22.9 Å². The molecule has 0 radical (unpaired) electrons. The number of aromatic nitrogens is 1. The molecular formula is C13H11Cl2N3OS. The monoisotopic (exact) mass is 327 g/mol. The lowest BCUT2D eigenvalue weighted by molar-refractivity contribution is -0.118. The first-order chi connectivity index (χ1) is 9.65. The van der Waals surface area contributed by atoms with Crippen molar-refractivity contribution in [3.05, 3.63) is 52.3 Å². The Labute approximate surface area is 130 Å². The molecule has 1 heterocycles. The van der Waals surface area contributed by atoms with Gasteiger partial charge in [-0.3, -0.25) is 4.79 Å². The third-order valence-corrected chi connectivity index (χ3v) is 4.00. The van der Waals surface area contributed by atoms with Crippen LogP contribution in [0.4, 0.5) is 0 Å². The summed E-state index contributed by atoms with van der Waals surface area (Å²) in [7, 11) is 0. The summed E-state index contributed by atoms with van der Waals surface area (Å²) in [4.78, 5) is 15.3. The zero-order valence-electron chi connectivity index (χ0n) is 10.3. The van der Waals surface area contributed by atoms with Gasteiger partial charge < -0.3 is 4.98 Å². The van der Waals surface area contributed by atoms with E-state index in [1.807, 2.05) is 12.1 Å². The summed E-state index contributed by atoms with van der Waals surface area (Å²) < 4.78 is 0. The summed E-state index contributed by atoms with van der Waals surface area (Å²) in [6, 6.07) is 8.86. The predicted octanol–water partition coefficient (Wildman–Crippen LogP) is 3.56. The van der Waals surface area contributed by atoms with E-state index in [1.54, 1.807) is 24.4 Å². The first-order valence-electron chi connectivity index (χ1n) is 5.68. The first-order valence-corrected chi connectivity index (χ1v) is 7.42. The summed E-state index contributed by atoms with van der Waals surface area (Å²) >= 11 is 13.1. The van der Waals surface area contributed by atoms with Crippen molar-refractivity contribution in [1.82, 2.24) is 10.4 Å². The minimum atomic E-state index is -0.205. The number of hydrogen-bond acceptors (Lipinski definition) is 3. The van der Waals surface area contributed by atoms with Crippen molar-refractivity contribution in [2.75, 3.05) is 5.75 Å². The topological polar surface area (TPSA) is 57.2 Å². The van der Waals surface area contributed by atoms with Gasteiger partial charge in [-0.1, -0.05) is 23.2 Å². The van der Waals surface area contributed by atoms with Gasteiger partial charge in [-0.15, -0.1) is 11.8 Å². The van der Waals surface area contributed by atoms with E-state index in [4.69, 9.17) is 23.2 Å². The van der Waals surface area contributed by atoms with Gasteiger partial charge in [0.25, 0.3) is 0 Å². The molecule has 4 nitrogen and oxygen atoms in total. The highest BCUT2D eigenvalue weighted by Gasteiger charge is 2.05. The molecule has 1 aromatic heterocycles. The van der Waals surface area contributed by atoms with Gasteiger partial charge in [-0.2, -0.15) is 5.10 Å². The van der Waals surface area contributed by atoms with Crippen molar-refractivity contribution in [3.63, 3.8) is 0 Å². The number of hydrogen-bond donors (Lipinski definition) is 2. The van der Waals surface area contributed by atoms with E-state index >= 15 is 0 Å². The fraction of sp³-hybridized carbons (Fsp3) is 0.0769. The molecule has 2 N–H and O–H groups in total. The molecule has 1 aromatic carbocycles. The van der Waals surface area contributed by atoms with Gasteiger partial charge in [0.05, 0.1) is 22.7 Å². The molecule has 104 valence electrons. The quantitative estimate of drug-likeness (QED) is 0.501. The van der Waals surface area contributed by atoms with Crippen LogP contribution in [0.5, 0.6) is 0 Å². The highest BCUT2D eigenvalue weighted by Crippen LogP contribution is 2.29. The number of thioether (sulfide) groups is 1. The Morgan fingerprint density at radius 2 is 2.25 bits per heavy atom. The van der Waals surface area contributed by atoms with Gasteiger partial charge in [-0.05, 0) is 30.3 Å². The molecule has 20 heavy (non-hydrogen) atoms. The lowest BCUT2D eigenvalue weighted by Gasteiger charge is -2.03. The Hall–Kier alpha value is -1.43. The van der Waals surface area contributed by atoms with E-state index in [9.17, 15) is 4.79 Å². The molecule has 7 heteroatoms. The second-order valence-electron chi connectivity index (χ2n) is 3.78. The number of carbonyl (C=O) groups is 1. The Morgan fingerprint density at radius 1 is 1.40 bits per heavy atom. The van der Waals surface area contributed by atoms with Crippen LogP contribution < -0.4 is 5.43 Å². The van der Waals surface area contributed by atoms with Crippen LogP contribution in [0.3, 0.4) is 0 Å². The highest BCUT2D eigenvalue weighted by molar-refractivity contribution is 8.00. The Kier molecular flexibility index (Phi) is 5.52. The number of benzene rings is 1. The second kappa shape index (κ2) is 7.38. The van der Waals surface area contributed by atoms with Gasteiger partial charge >= 0.3 is 0 Å². The molecule has 0 saturated heterocycles. The Balaban J connectivity index is 1.80. The predicted molar refractivity (Wildman–Crippen MR) is 83.7 cm³/mol. The molecule has 0 saturated carbocycles. The molecule has 0 atom stereocenters. The number of nitrogens with zero attached hydrogens (tertiary/aromatic N) is 1. The molecule has 0 aliphatic heterocycles. The number of H-pyrrole nitrogens is 1. The van der Waals surface area contributed by atoms with Crippen molar-refractivity contribution >= 4 is 47.1 Å². The van der Waals surface area contributed by atoms with E-state index in [2.05, 4.69) is 15.5 Å². The van der Waals surface area contributed by atoms with Crippen LogP contribution in [0.25, 0.3) is 0 Å². The van der Waals surface area contributed by atoms with Gasteiger partial charge in [0.1, 0.15) is 0 Å². The molecule has 0 spiro atoms. The molecule has 0 bridgehead atoms. The summed E-state index contributed by atoms with van der Waals surface area (Å²) in [5, 5.41) is 4.94. The van der Waals surface area contributed by atoms with Crippen LogP contribution in [0.2, 0.25) is 10.0 Å². The van der Waals surface area contributed by atoms with Crippen molar-refractivity contribution < 1.29 is 4.79 Å². The first kappa shape index (κ1) is 15.0. The van der Waals surface area contributed by atoms with E-state index < -0.39 is 0 Å². The van der Waals surface area contributed by atoms with Crippen LogP contribution in [0, 0.1) is 0 Å². The molecule has 2 rings (SSSR count). The van der Waals surface area contributed by atoms with Crippen LogP contribution in [-0.2, 0) is 4.79 Å². The molecule has 0 unspecified atom stereocenters. The molecular weight excluding hydrogens is 317 g/mol. The fourth-order valence-electron chi connectivity index (χ4n) is 1.37. The SMILES string of the molecule is O=C(CSc1ccc(Cl)cc1Cl)N/N=C/c1ccc[nH]1. The Morgan fingerprint density at radius 3 is 2.95 bits per heavy atom. The third-order valence-electron chi connectivity index (χ3n) is 2.27. The average molecular weight is 328 g/mol. The molecule has 1 amide bonds. The van der Waals surface area contributed by atoms with Crippen molar-refractivity contribution in [3.8, 4) is 0 Å². The third kappa shape index (κ3) is 4.59. The lowest BCUT2D eigenvalue weighted by Crippen LogP contribution is -2.19. The summed E-state index contributed by atoms with van der Waals surface area (Å²) in [5.74, 6) is 0.0208. The molecule has 0 fully saturated rings. The van der Waals surface area contributed by atoms with Gasteiger partial charge in [0, 0.05) is 16.1 Å². The molecule has 0 aliphatic rings. The van der Waals surface area contributed by atoms with Crippen LogP contribution in [0.1, 0.15) is 5.69 Å². The number of hydrazone groups is 1.